The van der Waals surface area contributed by atoms with Gasteiger partial charge in [-0.15, -0.1) is 0 Å². The van der Waals surface area contributed by atoms with Gasteiger partial charge in [0.15, 0.2) is 0 Å². The Balaban J connectivity index is 0.000000500. The molecule has 2 fully saturated rings. The molecule has 51 valence electrons. The standard InChI is InChI=1S/C8H14B.Li.H/c1-3-7-5-2-6-8(4-1)9-7;;/h7-8H,1-6H2;;/q;+1;-1. The maximum absolute atomic E-state index is 2.62. The Hall–Kier alpha value is 0.662. The van der Waals surface area contributed by atoms with Crippen molar-refractivity contribution in [2.75, 3.05) is 0 Å². The molecule has 0 aromatic carbocycles. The Labute approximate surface area is 78.1 Å². The van der Waals surface area contributed by atoms with Gasteiger partial charge in [0.25, 0.3) is 0 Å². The van der Waals surface area contributed by atoms with E-state index in [4.69, 9.17) is 0 Å². The Morgan fingerprint density at radius 1 is 0.900 bits per heavy atom. The molecule has 0 spiro atoms. The summed E-state index contributed by atoms with van der Waals surface area (Å²) in [6.45, 7) is 0. The minimum atomic E-state index is 0. The van der Waals surface area contributed by atoms with E-state index in [9.17, 15) is 0 Å². The molecule has 2 saturated heterocycles. The van der Waals surface area contributed by atoms with Gasteiger partial charge in [0, 0.05) is 0 Å². The number of fused-ring (bicyclic) bond motifs is 2. The van der Waals surface area contributed by atoms with Crippen LogP contribution in [0.2, 0.25) is 11.6 Å². The van der Waals surface area contributed by atoms with Crippen LogP contribution < -0.4 is 18.9 Å². The van der Waals surface area contributed by atoms with E-state index in [1.807, 2.05) is 0 Å². The second-order valence-electron chi connectivity index (χ2n) is 3.57. The number of hydrogen-bond donors (Lipinski definition) is 0. The molecule has 0 nitrogen and oxygen atoms in total. The monoisotopic (exact) mass is 129 g/mol. The van der Waals surface area contributed by atoms with Crippen molar-refractivity contribution >= 4 is 7.28 Å². The quantitative estimate of drug-likeness (QED) is 0.395. The third-order valence-electron chi connectivity index (χ3n) is 2.84. The summed E-state index contributed by atoms with van der Waals surface area (Å²) in [6.07, 6.45) is 9.00. The summed E-state index contributed by atoms with van der Waals surface area (Å²) in [4.78, 5) is 0. The van der Waals surface area contributed by atoms with E-state index in [0.29, 0.717) is 0 Å². The van der Waals surface area contributed by atoms with Gasteiger partial charge in [-0.1, -0.05) is 50.2 Å². The zero-order valence-electron chi connectivity index (χ0n) is 7.97. The molecule has 10 heavy (non-hydrogen) atoms. The summed E-state index contributed by atoms with van der Waals surface area (Å²) >= 11 is 0. The van der Waals surface area contributed by atoms with E-state index < -0.39 is 0 Å². The first-order valence-corrected chi connectivity index (χ1v) is 4.30. The van der Waals surface area contributed by atoms with E-state index in [0.717, 1.165) is 11.6 Å². The third kappa shape index (κ3) is 1.83. The van der Waals surface area contributed by atoms with Crippen molar-refractivity contribution in [1.29, 1.82) is 0 Å². The van der Waals surface area contributed by atoms with Crippen molar-refractivity contribution in [1.82, 2.24) is 0 Å². The fourth-order valence-corrected chi connectivity index (χ4v) is 2.34. The molecule has 2 aliphatic rings. The van der Waals surface area contributed by atoms with E-state index in [1.165, 1.54) is 38.5 Å². The van der Waals surface area contributed by atoms with E-state index in [1.54, 1.807) is 0 Å². The third-order valence-corrected chi connectivity index (χ3v) is 2.84. The molecular formula is C8H15BLi. The van der Waals surface area contributed by atoms with Crippen molar-refractivity contribution in [3.63, 3.8) is 0 Å². The molecule has 0 aromatic rings. The molecule has 0 saturated carbocycles. The Bertz CT molecular complexity index is 90.3. The van der Waals surface area contributed by atoms with Crippen molar-refractivity contribution in [2.24, 2.45) is 0 Å². The first-order chi connectivity index (χ1) is 4.45. The minimum Gasteiger partial charge on any atom is -1.00 e. The summed E-state index contributed by atoms with van der Waals surface area (Å²) in [6, 6.07) is 0. The number of rotatable bonds is 0. The molecule has 2 heterocycles. The molecule has 0 amide bonds. The van der Waals surface area contributed by atoms with Crippen LogP contribution in [0.5, 0.6) is 0 Å². The van der Waals surface area contributed by atoms with Gasteiger partial charge in [0.2, 0.25) is 0 Å². The van der Waals surface area contributed by atoms with Crippen LogP contribution in [0.4, 0.5) is 0 Å². The Kier molecular flexibility index (Phi) is 3.40. The molecule has 0 N–H and O–H groups in total. The van der Waals surface area contributed by atoms with Crippen molar-refractivity contribution < 1.29 is 20.3 Å². The zero-order valence-corrected chi connectivity index (χ0v) is 6.97. The summed E-state index contributed by atoms with van der Waals surface area (Å²) < 4.78 is 0. The predicted molar refractivity (Wildman–Crippen MR) is 42.1 cm³/mol. The second kappa shape index (κ2) is 3.88. The Morgan fingerprint density at radius 2 is 1.30 bits per heavy atom. The largest absolute Gasteiger partial charge is 1.00 e. The molecule has 2 bridgehead atoms. The smallest absolute Gasteiger partial charge is 1.00 e. The van der Waals surface area contributed by atoms with Crippen LogP contribution in [0, 0.1) is 0 Å². The van der Waals surface area contributed by atoms with Crippen molar-refractivity contribution in [3.05, 3.63) is 0 Å². The molecule has 0 aromatic heterocycles. The molecule has 0 aliphatic carbocycles. The minimum absolute atomic E-state index is 0. The van der Waals surface area contributed by atoms with Gasteiger partial charge in [-0.3, -0.25) is 0 Å². The zero-order chi connectivity index (χ0) is 6.10. The predicted octanol–water partition coefficient (Wildman–Crippen LogP) is -0.248. The van der Waals surface area contributed by atoms with Gasteiger partial charge in [0.1, 0.15) is 7.28 Å². The van der Waals surface area contributed by atoms with Gasteiger partial charge in [-0.2, -0.15) is 0 Å². The fraction of sp³-hybridized carbons (Fsp3) is 1.00. The Morgan fingerprint density at radius 3 is 1.60 bits per heavy atom. The molecule has 2 rings (SSSR count). The van der Waals surface area contributed by atoms with Crippen molar-refractivity contribution in [3.8, 4) is 0 Å². The second-order valence-corrected chi connectivity index (χ2v) is 3.57. The van der Waals surface area contributed by atoms with Gasteiger partial charge < -0.3 is 1.43 Å². The van der Waals surface area contributed by atoms with Gasteiger partial charge in [-0.05, 0) is 0 Å². The van der Waals surface area contributed by atoms with Crippen LogP contribution in [0.25, 0.3) is 0 Å². The molecule has 0 atom stereocenters. The van der Waals surface area contributed by atoms with Crippen LogP contribution in [0.3, 0.4) is 0 Å². The van der Waals surface area contributed by atoms with Crippen LogP contribution in [0.1, 0.15) is 40.0 Å². The van der Waals surface area contributed by atoms with Crippen LogP contribution in [-0.4, -0.2) is 7.28 Å². The summed E-state index contributed by atoms with van der Waals surface area (Å²) in [5, 5.41) is 0. The maximum atomic E-state index is 2.62. The first kappa shape index (κ1) is 8.76. The molecule has 1 radical (unpaired) electrons. The van der Waals surface area contributed by atoms with Gasteiger partial charge in [0.05, 0.1) is 0 Å². The summed E-state index contributed by atoms with van der Waals surface area (Å²) in [5.41, 5.74) is 0. The average Bonchev–Trinajstić information content (AvgIpc) is 1.88. The van der Waals surface area contributed by atoms with E-state index in [2.05, 4.69) is 7.28 Å². The number of hydrogen-bond acceptors (Lipinski definition) is 0. The van der Waals surface area contributed by atoms with Crippen LogP contribution in [0.15, 0.2) is 0 Å². The van der Waals surface area contributed by atoms with E-state index in [-0.39, 0.29) is 20.3 Å². The SMILES string of the molecule is [B]1C2CCCC1CCC2.[H-].[Li+]. The van der Waals surface area contributed by atoms with Gasteiger partial charge in [-0.25, -0.2) is 0 Å². The fourth-order valence-electron chi connectivity index (χ4n) is 2.34. The van der Waals surface area contributed by atoms with Crippen LogP contribution in [-0.2, 0) is 0 Å². The van der Waals surface area contributed by atoms with Gasteiger partial charge >= 0.3 is 18.9 Å². The normalized spacial score (nSPS) is 37.6. The first-order valence-electron chi connectivity index (χ1n) is 4.30. The molecular weight excluding hydrogens is 114 g/mol. The summed E-state index contributed by atoms with van der Waals surface area (Å²) in [7, 11) is 2.62. The molecule has 2 aliphatic heterocycles. The molecule has 0 unspecified atom stereocenters. The topological polar surface area (TPSA) is 0 Å². The van der Waals surface area contributed by atoms with E-state index >= 15 is 0 Å². The van der Waals surface area contributed by atoms with Crippen molar-refractivity contribution in [2.45, 2.75) is 50.2 Å². The maximum Gasteiger partial charge on any atom is 1.00 e. The van der Waals surface area contributed by atoms with Crippen LogP contribution >= 0.6 is 0 Å². The summed E-state index contributed by atoms with van der Waals surface area (Å²) in [5.74, 6) is 2.05. The average molecular weight is 129 g/mol. The molecule has 2 heteroatoms.